The minimum Gasteiger partial charge on any atom is -0.495 e. The van der Waals surface area contributed by atoms with Crippen LogP contribution < -0.4 is 10.1 Å². The van der Waals surface area contributed by atoms with Gasteiger partial charge in [-0.25, -0.2) is 0 Å². The van der Waals surface area contributed by atoms with E-state index in [0.29, 0.717) is 5.75 Å². The van der Waals surface area contributed by atoms with Crippen LogP contribution in [0.2, 0.25) is 10.0 Å². The third-order valence-electron chi connectivity index (χ3n) is 1.81. The number of nitrogens with zero attached hydrogens (tertiary/aromatic N) is 1. The van der Waals surface area contributed by atoms with Crippen molar-refractivity contribution >= 4 is 29.1 Å². The summed E-state index contributed by atoms with van der Waals surface area (Å²) >= 11 is 11.7. The van der Waals surface area contributed by atoms with E-state index in [2.05, 4.69) is 5.32 Å². The van der Waals surface area contributed by atoms with Gasteiger partial charge in [-0.1, -0.05) is 23.2 Å². The Kier molecular flexibility index (Phi) is 4.41. The predicted octanol–water partition coefficient (Wildman–Crippen LogP) is 2.26. The fourth-order valence-corrected chi connectivity index (χ4v) is 1.55. The monoisotopic (exact) mass is 258 g/mol. The lowest BCUT2D eigenvalue weighted by Crippen LogP contribution is -2.23. The number of rotatable bonds is 3. The van der Waals surface area contributed by atoms with Gasteiger partial charge in [0.2, 0.25) is 0 Å². The summed E-state index contributed by atoms with van der Waals surface area (Å²) in [7, 11) is 1.45. The van der Waals surface area contributed by atoms with Gasteiger partial charge in [-0.2, -0.15) is 5.26 Å². The van der Waals surface area contributed by atoms with Crippen molar-refractivity contribution in [1.82, 2.24) is 5.32 Å². The zero-order chi connectivity index (χ0) is 12.1. The zero-order valence-electron chi connectivity index (χ0n) is 8.38. The predicted molar refractivity (Wildman–Crippen MR) is 61.0 cm³/mol. The van der Waals surface area contributed by atoms with Crippen LogP contribution in [0.3, 0.4) is 0 Å². The van der Waals surface area contributed by atoms with Crippen molar-refractivity contribution in [2.75, 3.05) is 13.7 Å². The highest BCUT2D eigenvalue weighted by Crippen LogP contribution is 2.30. The van der Waals surface area contributed by atoms with Crippen molar-refractivity contribution in [3.63, 3.8) is 0 Å². The van der Waals surface area contributed by atoms with E-state index in [4.69, 9.17) is 33.2 Å². The number of carbonyl (C=O) groups excluding carboxylic acids is 1. The van der Waals surface area contributed by atoms with Crippen molar-refractivity contribution in [2.45, 2.75) is 0 Å². The molecule has 0 atom stereocenters. The Morgan fingerprint density at radius 2 is 2.19 bits per heavy atom. The third-order valence-corrected chi connectivity index (χ3v) is 2.42. The smallest absolute Gasteiger partial charge is 0.253 e. The molecule has 0 spiro atoms. The molecule has 0 saturated carbocycles. The Balaban J connectivity index is 3.02. The second-order valence-corrected chi connectivity index (χ2v) is 3.62. The van der Waals surface area contributed by atoms with Crippen molar-refractivity contribution in [1.29, 1.82) is 5.26 Å². The molecule has 4 nitrogen and oxygen atoms in total. The van der Waals surface area contributed by atoms with E-state index in [0.717, 1.165) is 0 Å². The molecule has 0 saturated heterocycles. The first-order valence-corrected chi connectivity index (χ1v) is 5.04. The summed E-state index contributed by atoms with van der Waals surface area (Å²) in [5.74, 6) is -0.0559. The highest BCUT2D eigenvalue weighted by molar-refractivity contribution is 6.36. The number of hydrogen-bond donors (Lipinski definition) is 1. The molecule has 0 fully saturated rings. The molecule has 1 N–H and O–H groups in total. The summed E-state index contributed by atoms with van der Waals surface area (Å²) in [4.78, 5) is 11.5. The number of methoxy groups -OCH3 is 1. The molecule has 0 aromatic heterocycles. The quantitative estimate of drug-likeness (QED) is 0.847. The third kappa shape index (κ3) is 2.78. The number of nitrogens with one attached hydrogen (secondary N) is 1. The molecule has 1 aromatic rings. The number of ether oxygens (including phenoxy) is 1. The van der Waals surface area contributed by atoms with E-state index >= 15 is 0 Å². The van der Waals surface area contributed by atoms with Gasteiger partial charge in [0.15, 0.2) is 0 Å². The van der Waals surface area contributed by atoms with Crippen LogP contribution in [0.1, 0.15) is 10.4 Å². The molecule has 6 heteroatoms. The highest BCUT2D eigenvalue weighted by Gasteiger charge is 2.13. The Bertz CT molecular complexity index is 455. The van der Waals surface area contributed by atoms with Crippen LogP contribution in [-0.2, 0) is 0 Å². The molecule has 1 amide bonds. The van der Waals surface area contributed by atoms with Gasteiger partial charge >= 0.3 is 0 Å². The van der Waals surface area contributed by atoms with Crippen molar-refractivity contribution < 1.29 is 9.53 Å². The fraction of sp³-hybridized carbons (Fsp3) is 0.200. The molecule has 0 radical (unpaired) electrons. The van der Waals surface area contributed by atoms with Gasteiger partial charge in [-0.15, -0.1) is 0 Å². The van der Waals surface area contributed by atoms with Crippen LogP contribution in [0.5, 0.6) is 5.75 Å². The van der Waals surface area contributed by atoms with Gasteiger partial charge in [0.25, 0.3) is 5.91 Å². The lowest BCUT2D eigenvalue weighted by Gasteiger charge is -2.08. The summed E-state index contributed by atoms with van der Waals surface area (Å²) in [6.45, 7) is -0.0845. The SMILES string of the molecule is COc1cc(Cl)c(C(=O)NCC#N)cc1Cl. The van der Waals surface area contributed by atoms with E-state index in [1.165, 1.54) is 19.2 Å². The Morgan fingerprint density at radius 3 is 2.75 bits per heavy atom. The average molecular weight is 259 g/mol. The Labute approximate surface area is 103 Å². The highest BCUT2D eigenvalue weighted by atomic mass is 35.5. The number of amides is 1. The summed E-state index contributed by atoms with van der Waals surface area (Å²) in [6, 6.07) is 4.64. The van der Waals surface area contributed by atoms with Gasteiger partial charge in [0, 0.05) is 6.07 Å². The largest absolute Gasteiger partial charge is 0.495 e. The normalized spacial score (nSPS) is 9.38. The summed E-state index contributed by atoms with van der Waals surface area (Å²) < 4.78 is 4.94. The molecular formula is C10H8Cl2N2O2. The molecule has 0 aliphatic carbocycles. The Hall–Kier alpha value is -1.44. The second-order valence-electron chi connectivity index (χ2n) is 2.81. The number of benzene rings is 1. The van der Waals surface area contributed by atoms with Gasteiger partial charge in [-0.3, -0.25) is 4.79 Å². The standard InChI is InChI=1S/C10H8Cl2N2O2/c1-16-9-5-7(11)6(4-8(9)12)10(15)14-3-2-13/h4-5H,3H2,1H3,(H,14,15). The number of halogens is 2. The van der Waals surface area contributed by atoms with Crippen LogP contribution in [-0.4, -0.2) is 19.6 Å². The summed E-state index contributed by atoms with van der Waals surface area (Å²) in [5, 5.41) is 11.2. The van der Waals surface area contributed by atoms with Gasteiger partial charge in [0.1, 0.15) is 12.3 Å². The molecule has 0 aliphatic heterocycles. The van der Waals surface area contributed by atoms with Gasteiger partial charge < -0.3 is 10.1 Å². The maximum absolute atomic E-state index is 11.5. The fourth-order valence-electron chi connectivity index (χ4n) is 1.07. The van der Waals surface area contributed by atoms with E-state index in [9.17, 15) is 4.79 Å². The lowest BCUT2D eigenvalue weighted by atomic mass is 10.2. The maximum atomic E-state index is 11.5. The molecule has 0 unspecified atom stereocenters. The van der Waals surface area contributed by atoms with Gasteiger partial charge in [-0.05, 0) is 6.07 Å². The lowest BCUT2D eigenvalue weighted by molar-refractivity contribution is 0.0958. The number of nitriles is 1. The molecule has 16 heavy (non-hydrogen) atoms. The molecular weight excluding hydrogens is 251 g/mol. The zero-order valence-corrected chi connectivity index (χ0v) is 9.89. The van der Waals surface area contributed by atoms with Crippen molar-refractivity contribution in [3.8, 4) is 11.8 Å². The van der Waals surface area contributed by atoms with E-state index < -0.39 is 5.91 Å². The average Bonchev–Trinajstić information content (AvgIpc) is 2.28. The topological polar surface area (TPSA) is 62.1 Å². The molecule has 1 rings (SSSR count). The summed E-state index contributed by atoms with van der Waals surface area (Å²) in [6.07, 6.45) is 0. The Morgan fingerprint density at radius 1 is 1.50 bits per heavy atom. The molecule has 0 bridgehead atoms. The number of hydrogen-bond acceptors (Lipinski definition) is 3. The van der Waals surface area contributed by atoms with E-state index in [-0.39, 0.29) is 22.2 Å². The van der Waals surface area contributed by atoms with Crippen LogP contribution in [0.15, 0.2) is 12.1 Å². The molecule has 0 heterocycles. The van der Waals surface area contributed by atoms with Crippen LogP contribution in [0.4, 0.5) is 0 Å². The van der Waals surface area contributed by atoms with Crippen LogP contribution in [0.25, 0.3) is 0 Å². The van der Waals surface area contributed by atoms with Crippen LogP contribution in [0, 0.1) is 11.3 Å². The summed E-state index contributed by atoms with van der Waals surface area (Å²) in [5.41, 5.74) is 0.211. The maximum Gasteiger partial charge on any atom is 0.253 e. The van der Waals surface area contributed by atoms with Crippen molar-refractivity contribution in [2.24, 2.45) is 0 Å². The first-order valence-electron chi connectivity index (χ1n) is 4.28. The minimum atomic E-state index is -0.448. The number of carbonyl (C=O) groups is 1. The minimum absolute atomic E-state index is 0.0845. The van der Waals surface area contributed by atoms with E-state index in [1.807, 2.05) is 0 Å². The first kappa shape index (κ1) is 12.6. The first-order chi connectivity index (χ1) is 7.60. The van der Waals surface area contributed by atoms with E-state index in [1.54, 1.807) is 6.07 Å². The molecule has 1 aromatic carbocycles. The molecule has 0 aliphatic rings. The molecule has 84 valence electrons. The van der Waals surface area contributed by atoms with Crippen LogP contribution >= 0.6 is 23.2 Å². The van der Waals surface area contributed by atoms with Crippen molar-refractivity contribution in [3.05, 3.63) is 27.7 Å². The second kappa shape index (κ2) is 5.59. The van der Waals surface area contributed by atoms with Gasteiger partial charge in [0.05, 0.1) is 28.8 Å².